The number of aliphatic hydroxyl groups is 2. The maximum Gasteiger partial charge on any atom is 0.149 e. The Morgan fingerprint density at radius 2 is 2.07 bits per heavy atom. The van der Waals surface area contributed by atoms with Gasteiger partial charge in [-0.2, -0.15) is 0 Å². The first kappa shape index (κ1) is 12.5. The molecule has 0 amide bonds. The molecule has 1 rings (SSSR count). The van der Waals surface area contributed by atoms with Crippen LogP contribution in [0.15, 0.2) is 12.1 Å². The lowest BCUT2D eigenvalue weighted by Crippen LogP contribution is -2.23. The third-order valence-corrected chi connectivity index (χ3v) is 2.25. The van der Waals surface area contributed by atoms with Crippen LogP contribution in [0.5, 0.6) is 0 Å². The van der Waals surface area contributed by atoms with E-state index in [-0.39, 0.29) is 22.3 Å². The average molecular weight is 254 g/mol. The minimum Gasteiger partial charge on any atom is -0.394 e. The van der Waals surface area contributed by atoms with Crippen LogP contribution in [-0.4, -0.2) is 29.5 Å². The molecule has 1 atom stereocenters. The van der Waals surface area contributed by atoms with Gasteiger partial charge in [0.05, 0.1) is 23.4 Å². The quantitative estimate of drug-likeness (QED) is 0.769. The van der Waals surface area contributed by atoms with Gasteiger partial charge >= 0.3 is 0 Å². The highest BCUT2D eigenvalue weighted by Crippen LogP contribution is 2.28. The molecule has 1 unspecified atom stereocenters. The smallest absolute Gasteiger partial charge is 0.149 e. The molecule has 84 valence electrons. The van der Waals surface area contributed by atoms with E-state index in [0.717, 1.165) is 6.07 Å². The van der Waals surface area contributed by atoms with E-state index >= 15 is 0 Å². The van der Waals surface area contributed by atoms with Crippen LogP contribution in [0.1, 0.15) is 0 Å². The number of aliphatic hydroxyl groups excluding tert-OH is 2. The minimum absolute atomic E-state index is 0.00870. The Labute approximate surface area is 96.4 Å². The Kier molecular flexibility index (Phi) is 4.60. The van der Waals surface area contributed by atoms with Crippen molar-refractivity contribution in [1.82, 2.24) is 0 Å². The van der Waals surface area contributed by atoms with Gasteiger partial charge in [0.1, 0.15) is 5.82 Å². The van der Waals surface area contributed by atoms with E-state index in [9.17, 15) is 4.39 Å². The molecule has 1 aromatic rings. The zero-order valence-electron chi connectivity index (χ0n) is 7.67. The Bertz CT molecular complexity index is 326. The van der Waals surface area contributed by atoms with Crippen LogP contribution in [0.2, 0.25) is 10.0 Å². The Hall–Kier alpha value is -0.550. The molecule has 0 saturated carbocycles. The summed E-state index contributed by atoms with van der Waals surface area (Å²) in [5.41, 5.74) is 0.0635. The van der Waals surface area contributed by atoms with E-state index in [0.29, 0.717) is 0 Å². The Morgan fingerprint density at radius 1 is 1.40 bits per heavy atom. The lowest BCUT2D eigenvalue weighted by atomic mass is 10.3. The summed E-state index contributed by atoms with van der Waals surface area (Å²) in [6, 6.07) is 2.50. The highest BCUT2D eigenvalue weighted by Gasteiger charge is 2.10. The fraction of sp³-hybridized carbons (Fsp3) is 0.333. The number of halogens is 3. The van der Waals surface area contributed by atoms with Crippen LogP contribution in [-0.2, 0) is 0 Å². The van der Waals surface area contributed by atoms with Crippen molar-refractivity contribution in [2.75, 3.05) is 18.5 Å². The summed E-state index contributed by atoms with van der Waals surface area (Å²) in [6.45, 7) is -0.394. The van der Waals surface area contributed by atoms with E-state index in [1.807, 2.05) is 0 Å². The van der Waals surface area contributed by atoms with Gasteiger partial charge in [-0.15, -0.1) is 0 Å². The van der Waals surface area contributed by atoms with Crippen molar-refractivity contribution >= 4 is 28.9 Å². The second-order valence-corrected chi connectivity index (χ2v) is 3.81. The SMILES string of the molecule is OCC(O)CNc1c(F)cc(Cl)cc1Cl. The Balaban J connectivity index is 2.77. The lowest BCUT2D eigenvalue weighted by molar-refractivity contribution is 0.105. The zero-order chi connectivity index (χ0) is 11.4. The van der Waals surface area contributed by atoms with E-state index in [1.54, 1.807) is 0 Å². The van der Waals surface area contributed by atoms with Crippen LogP contribution in [0.25, 0.3) is 0 Å². The molecule has 1 aromatic carbocycles. The summed E-state index contributed by atoms with van der Waals surface area (Å²) in [7, 11) is 0. The van der Waals surface area contributed by atoms with Gasteiger partial charge < -0.3 is 15.5 Å². The van der Waals surface area contributed by atoms with Crippen molar-refractivity contribution in [3.05, 3.63) is 28.0 Å². The molecule has 0 aromatic heterocycles. The summed E-state index contributed by atoms with van der Waals surface area (Å²) in [4.78, 5) is 0. The van der Waals surface area contributed by atoms with Crippen molar-refractivity contribution < 1.29 is 14.6 Å². The maximum absolute atomic E-state index is 13.3. The van der Waals surface area contributed by atoms with Crippen molar-refractivity contribution in [1.29, 1.82) is 0 Å². The number of rotatable bonds is 4. The van der Waals surface area contributed by atoms with Crippen LogP contribution in [0, 0.1) is 5.82 Å². The van der Waals surface area contributed by atoms with Gasteiger partial charge in [-0.3, -0.25) is 0 Å². The molecule has 0 radical (unpaired) electrons. The third-order valence-electron chi connectivity index (χ3n) is 1.73. The summed E-state index contributed by atoms with van der Waals surface area (Å²) in [6.07, 6.45) is -0.962. The molecule has 0 heterocycles. The highest BCUT2D eigenvalue weighted by molar-refractivity contribution is 6.36. The topological polar surface area (TPSA) is 52.5 Å². The molecule has 3 N–H and O–H groups in total. The van der Waals surface area contributed by atoms with Crippen molar-refractivity contribution in [3.8, 4) is 0 Å². The number of nitrogens with one attached hydrogen (secondary N) is 1. The molecule has 0 fully saturated rings. The van der Waals surface area contributed by atoms with Gasteiger partial charge in [0.15, 0.2) is 0 Å². The first-order chi connectivity index (χ1) is 7.04. The third kappa shape index (κ3) is 3.50. The first-order valence-electron chi connectivity index (χ1n) is 4.22. The van der Waals surface area contributed by atoms with E-state index in [2.05, 4.69) is 5.32 Å². The molecule has 0 spiro atoms. The molecular weight excluding hydrogens is 244 g/mol. The maximum atomic E-state index is 13.3. The monoisotopic (exact) mass is 253 g/mol. The summed E-state index contributed by atoms with van der Waals surface area (Å²) < 4.78 is 13.3. The molecule has 0 aliphatic carbocycles. The molecule has 0 saturated heterocycles. The van der Waals surface area contributed by atoms with Gasteiger partial charge in [-0.05, 0) is 12.1 Å². The van der Waals surface area contributed by atoms with E-state index in [4.69, 9.17) is 33.4 Å². The fourth-order valence-corrected chi connectivity index (χ4v) is 1.53. The normalized spacial score (nSPS) is 12.6. The molecule has 0 bridgehead atoms. The molecule has 0 aliphatic rings. The number of hydrogen-bond donors (Lipinski definition) is 3. The largest absolute Gasteiger partial charge is 0.394 e. The first-order valence-corrected chi connectivity index (χ1v) is 4.97. The second-order valence-electron chi connectivity index (χ2n) is 2.96. The predicted molar refractivity (Wildman–Crippen MR) is 58.0 cm³/mol. The summed E-state index contributed by atoms with van der Waals surface area (Å²) >= 11 is 11.3. The minimum atomic E-state index is -0.962. The van der Waals surface area contributed by atoms with Crippen LogP contribution in [0.4, 0.5) is 10.1 Å². The van der Waals surface area contributed by atoms with Gasteiger partial charge in [0.2, 0.25) is 0 Å². The van der Waals surface area contributed by atoms with Crippen molar-refractivity contribution in [2.24, 2.45) is 0 Å². The Morgan fingerprint density at radius 3 is 2.60 bits per heavy atom. The highest BCUT2D eigenvalue weighted by atomic mass is 35.5. The number of hydrogen-bond acceptors (Lipinski definition) is 3. The summed E-state index contributed by atoms with van der Waals surface area (Å²) in [5, 5.41) is 20.5. The molecule has 0 aliphatic heterocycles. The van der Waals surface area contributed by atoms with Gasteiger partial charge in [0.25, 0.3) is 0 Å². The van der Waals surface area contributed by atoms with Crippen LogP contribution in [0.3, 0.4) is 0 Å². The molecule has 6 heteroatoms. The summed E-state index contributed by atoms with van der Waals surface area (Å²) in [5.74, 6) is -0.599. The predicted octanol–water partition coefficient (Wildman–Crippen LogP) is 1.90. The second kappa shape index (κ2) is 5.51. The van der Waals surface area contributed by atoms with Crippen LogP contribution < -0.4 is 5.32 Å². The van der Waals surface area contributed by atoms with E-state index in [1.165, 1.54) is 6.07 Å². The van der Waals surface area contributed by atoms with E-state index < -0.39 is 18.5 Å². The van der Waals surface area contributed by atoms with Crippen molar-refractivity contribution in [2.45, 2.75) is 6.10 Å². The standard InChI is InChI=1S/C9H10Cl2FNO2/c10-5-1-7(11)9(8(12)2-5)13-3-6(15)4-14/h1-2,6,13-15H,3-4H2. The molecular formula is C9H10Cl2FNO2. The van der Waals surface area contributed by atoms with Gasteiger partial charge in [0, 0.05) is 11.6 Å². The number of anilines is 1. The average Bonchev–Trinajstić information content (AvgIpc) is 2.15. The molecule has 15 heavy (non-hydrogen) atoms. The zero-order valence-corrected chi connectivity index (χ0v) is 9.19. The van der Waals surface area contributed by atoms with Gasteiger partial charge in [-0.1, -0.05) is 23.2 Å². The van der Waals surface area contributed by atoms with Crippen molar-refractivity contribution in [3.63, 3.8) is 0 Å². The van der Waals surface area contributed by atoms with Gasteiger partial charge in [-0.25, -0.2) is 4.39 Å². The fourth-order valence-electron chi connectivity index (χ4n) is 0.996. The lowest BCUT2D eigenvalue weighted by Gasteiger charge is -2.12. The molecule has 3 nitrogen and oxygen atoms in total. The number of benzene rings is 1. The van der Waals surface area contributed by atoms with Crippen LogP contribution >= 0.6 is 23.2 Å².